The van der Waals surface area contributed by atoms with E-state index in [1.54, 1.807) is 5.57 Å². The highest BCUT2D eigenvalue weighted by Crippen LogP contribution is 2.31. The third-order valence-corrected chi connectivity index (χ3v) is 3.81. The second-order valence-corrected chi connectivity index (χ2v) is 5.42. The minimum Gasteiger partial charge on any atom is -0.490 e. The van der Waals surface area contributed by atoms with Crippen LogP contribution in [0.1, 0.15) is 39.2 Å². The number of ether oxygens (including phenoxy) is 1. The summed E-state index contributed by atoms with van der Waals surface area (Å²) in [6.45, 7) is 8.86. The first-order valence-corrected chi connectivity index (χ1v) is 6.45. The number of benzene rings is 1. The first kappa shape index (κ1) is 12.2. The normalized spacial score (nSPS) is 24.9. The fraction of sp³-hybridized carbons (Fsp3) is 0.500. The van der Waals surface area contributed by atoms with Crippen molar-refractivity contribution in [2.45, 2.75) is 46.6 Å². The number of rotatable bonds is 2. The van der Waals surface area contributed by atoms with Crippen molar-refractivity contribution in [1.82, 2.24) is 0 Å². The second kappa shape index (κ2) is 4.95. The van der Waals surface area contributed by atoms with Crippen LogP contribution in [0.3, 0.4) is 0 Å². The van der Waals surface area contributed by atoms with Gasteiger partial charge in [0.05, 0.1) is 0 Å². The minimum absolute atomic E-state index is 0.335. The van der Waals surface area contributed by atoms with Gasteiger partial charge in [-0.1, -0.05) is 35.8 Å². The van der Waals surface area contributed by atoms with Crippen molar-refractivity contribution in [3.63, 3.8) is 0 Å². The van der Waals surface area contributed by atoms with Crippen molar-refractivity contribution < 1.29 is 4.74 Å². The average molecular weight is 230 g/mol. The molecule has 0 unspecified atom stereocenters. The van der Waals surface area contributed by atoms with Crippen LogP contribution in [-0.4, -0.2) is 6.10 Å². The molecule has 1 nitrogen and oxygen atoms in total. The lowest BCUT2D eigenvalue weighted by molar-refractivity contribution is 0.134. The van der Waals surface area contributed by atoms with E-state index < -0.39 is 0 Å². The van der Waals surface area contributed by atoms with Gasteiger partial charge in [-0.3, -0.25) is 0 Å². The second-order valence-electron chi connectivity index (χ2n) is 5.42. The van der Waals surface area contributed by atoms with Gasteiger partial charge in [0.1, 0.15) is 11.9 Å². The van der Waals surface area contributed by atoms with Crippen LogP contribution < -0.4 is 4.74 Å². The Hall–Kier alpha value is -1.24. The molecule has 0 bridgehead atoms. The average Bonchev–Trinajstić information content (AvgIpc) is 2.29. The Morgan fingerprint density at radius 2 is 1.53 bits per heavy atom. The molecule has 17 heavy (non-hydrogen) atoms. The molecule has 0 radical (unpaired) electrons. The molecule has 2 rings (SSSR count). The monoisotopic (exact) mass is 230 g/mol. The van der Waals surface area contributed by atoms with Gasteiger partial charge < -0.3 is 4.74 Å². The zero-order valence-corrected chi connectivity index (χ0v) is 11.3. The highest BCUT2D eigenvalue weighted by atomic mass is 16.5. The maximum atomic E-state index is 6.11. The summed E-state index contributed by atoms with van der Waals surface area (Å²) in [6, 6.07) is 8.36. The molecule has 0 N–H and O–H groups in total. The lowest BCUT2D eigenvalue weighted by Gasteiger charge is -2.31. The Morgan fingerprint density at radius 3 is 2.18 bits per heavy atom. The van der Waals surface area contributed by atoms with Gasteiger partial charge in [-0.2, -0.15) is 0 Å². The summed E-state index contributed by atoms with van der Waals surface area (Å²) < 4.78 is 6.11. The number of hydrogen-bond acceptors (Lipinski definition) is 1. The molecule has 92 valence electrons. The Bertz CT molecular complexity index is 414. The van der Waals surface area contributed by atoms with Crippen LogP contribution in [0.4, 0.5) is 0 Å². The molecule has 0 heterocycles. The summed E-state index contributed by atoms with van der Waals surface area (Å²) >= 11 is 0. The summed E-state index contributed by atoms with van der Waals surface area (Å²) in [7, 11) is 0. The Balaban J connectivity index is 2.07. The lowest BCUT2D eigenvalue weighted by Crippen LogP contribution is -2.29. The van der Waals surface area contributed by atoms with E-state index in [0.29, 0.717) is 12.0 Å². The first-order chi connectivity index (χ1) is 8.06. The third kappa shape index (κ3) is 2.91. The molecular formula is C16H22O. The van der Waals surface area contributed by atoms with Crippen molar-refractivity contribution in [3.8, 4) is 5.75 Å². The zero-order valence-electron chi connectivity index (χ0n) is 11.3. The molecule has 2 atom stereocenters. The van der Waals surface area contributed by atoms with Crippen molar-refractivity contribution in [3.05, 3.63) is 41.0 Å². The highest BCUT2D eigenvalue weighted by molar-refractivity contribution is 5.27. The number of hydrogen-bond donors (Lipinski definition) is 0. The molecule has 1 aromatic carbocycles. The largest absolute Gasteiger partial charge is 0.490 e. The van der Waals surface area contributed by atoms with E-state index in [-0.39, 0.29) is 0 Å². The zero-order chi connectivity index (χ0) is 12.4. The molecule has 0 saturated heterocycles. The van der Waals surface area contributed by atoms with Gasteiger partial charge in [-0.25, -0.2) is 0 Å². The van der Waals surface area contributed by atoms with Gasteiger partial charge in [0.15, 0.2) is 0 Å². The van der Waals surface area contributed by atoms with E-state index in [0.717, 1.165) is 12.2 Å². The van der Waals surface area contributed by atoms with Crippen LogP contribution in [0.5, 0.6) is 5.75 Å². The molecule has 1 aliphatic carbocycles. The topological polar surface area (TPSA) is 9.23 Å². The van der Waals surface area contributed by atoms with Crippen molar-refractivity contribution in [2.24, 2.45) is 5.92 Å². The van der Waals surface area contributed by atoms with Crippen LogP contribution in [0.2, 0.25) is 0 Å². The summed E-state index contributed by atoms with van der Waals surface area (Å²) in [5, 5.41) is 0. The van der Waals surface area contributed by atoms with E-state index in [2.05, 4.69) is 52.0 Å². The fourth-order valence-electron chi connectivity index (χ4n) is 2.42. The SMILES string of the molecule is CC1=C(C)C[C@@H](Oc2ccc(C)cc2)[C@H](C)C1. The quantitative estimate of drug-likeness (QED) is 0.679. The molecule has 0 aliphatic heterocycles. The molecule has 0 amide bonds. The third-order valence-electron chi connectivity index (χ3n) is 3.81. The molecule has 0 fully saturated rings. The van der Waals surface area contributed by atoms with E-state index in [1.165, 1.54) is 17.6 Å². The van der Waals surface area contributed by atoms with Gasteiger partial charge in [-0.15, -0.1) is 0 Å². The standard InChI is InChI=1S/C16H22O/c1-11-5-7-15(8-6-11)17-16-10-13(3)12(2)9-14(16)4/h5-8,14,16H,9-10H2,1-4H3/t14-,16-/m1/s1. The molecule has 1 aromatic rings. The summed E-state index contributed by atoms with van der Waals surface area (Å²) in [6.07, 6.45) is 2.57. The predicted octanol–water partition coefficient (Wildman–Crippen LogP) is 4.51. The van der Waals surface area contributed by atoms with Crippen molar-refractivity contribution in [2.75, 3.05) is 0 Å². The highest BCUT2D eigenvalue weighted by Gasteiger charge is 2.25. The summed E-state index contributed by atoms with van der Waals surface area (Å²) in [5.74, 6) is 1.61. The molecule has 1 heteroatoms. The smallest absolute Gasteiger partial charge is 0.119 e. The molecular weight excluding hydrogens is 208 g/mol. The first-order valence-electron chi connectivity index (χ1n) is 6.45. The van der Waals surface area contributed by atoms with E-state index in [1.807, 2.05) is 0 Å². The van der Waals surface area contributed by atoms with Gasteiger partial charge in [0, 0.05) is 6.42 Å². The van der Waals surface area contributed by atoms with E-state index in [9.17, 15) is 0 Å². The van der Waals surface area contributed by atoms with Crippen LogP contribution in [0.25, 0.3) is 0 Å². The molecule has 0 spiro atoms. The van der Waals surface area contributed by atoms with Crippen LogP contribution >= 0.6 is 0 Å². The maximum absolute atomic E-state index is 6.11. The van der Waals surface area contributed by atoms with Crippen molar-refractivity contribution in [1.29, 1.82) is 0 Å². The van der Waals surface area contributed by atoms with Gasteiger partial charge in [0.25, 0.3) is 0 Å². The van der Waals surface area contributed by atoms with Crippen LogP contribution in [0, 0.1) is 12.8 Å². The lowest BCUT2D eigenvalue weighted by atomic mass is 9.84. The molecule has 1 aliphatic rings. The Morgan fingerprint density at radius 1 is 0.941 bits per heavy atom. The van der Waals surface area contributed by atoms with Gasteiger partial charge >= 0.3 is 0 Å². The number of allylic oxidation sites excluding steroid dienone is 1. The summed E-state index contributed by atoms with van der Waals surface area (Å²) in [5.41, 5.74) is 4.32. The minimum atomic E-state index is 0.335. The summed E-state index contributed by atoms with van der Waals surface area (Å²) in [4.78, 5) is 0. The van der Waals surface area contributed by atoms with Crippen LogP contribution in [0.15, 0.2) is 35.4 Å². The fourth-order valence-corrected chi connectivity index (χ4v) is 2.42. The predicted molar refractivity (Wildman–Crippen MR) is 72.4 cm³/mol. The van der Waals surface area contributed by atoms with Gasteiger partial charge in [-0.05, 0) is 45.2 Å². The van der Waals surface area contributed by atoms with Gasteiger partial charge in [0.2, 0.25) is 0 Å². The Labute approximate surface area is 104 Å². The van der Waals surface area contributed by atoms with Crippen molar-refractivity contribution >= 4 is 0 Å². The molecule has 0 aromatic heterocycles. The number of aryl methyl sites for hydroxylation is 1. The maximum Gasteiger partial charge on any atom is 0.119 e. The Kier molecular flexibility index (Phi) is 3.56. The van der Waals surface area contributed by atoms with E-state index >= 15 is 0 Å². The molecule has 0 saturated carbocycles. The van der Waals surface area contributed by atoms with Crippen LogP contribution in [-0.2, 0) is 0 Å². The van der Waals surface area contributed by atoms with E-state index in [4.69, 9.17) is 4.74 Å².